The van der Waals surface area contributed by atoms with Gasteiger partial charge in [-0.2, -0.15) is 0 Å². The van der Waals surface area contributed by atoms with Crippen LogP contribution in [0, 0.1) is 11.3 Å². The zero-order valence-corrected chi connectivity index (χ0v) is 78.8. The largest absolute Gasteiger partial charge is 0.394 e. The van der Waals surface area contributed by atoms with E-state index >= 15 is 28.8 Å². The maximum absolute atomic E-state index is 15.8. The summed E-state index contributed by atoms with van der Waals surface area (Å²) in [5.41, 5.74) is 20.7. The number of likely N-dealkylation sites (N-methyl/N-ethyl adjacent to an activating group) is 4. The number of primary amides is 2. The lowest BCUT2D eigenvalue weighted by atomic mass is 10.0. The lowest BCUT2D eigenvalue weighted by Crippen LogP contribution is -2.62. The SMILES string of the molecule is CCCC[C@H]1C(=O)N(C)[C@@H](COCc2ccccc2)C(=O)N[C@@H](CCCNC(=N)N)C(=O)N[C@H](C(=O)NCC(N)=O)CSCC(=O)N[C@@H](Cc2ccccc2)C(=O)N(C)[C@@H](C)C(=O)N[C@@H](CC(N)=O)C(=O)N2CCC[C@H]2C(=O)N[C@@H](Cc2cnc[nH]2)C(=O)N[C@@H](CC(C)C)C(=O)N(C)CC(=O)N[C@@H](Cc2c[nH]c3ccccc23)C(=O)N[C@@H](CO)C(=O)N[C@@H](Cc2c[nH]c3ccccc23)C(=O)N1C. The summed E-state index contributed by atoms with van der Waals surface area (Å²) in [6, 6.07) is 10.9. The van der Waals surface area contributed by atoms with E-state index in [0.29, 0.717) is 62.6 Å². The molecule has 4 aromatic carbocycles. The molecule has 0 spiro atoms. The smallest absolute Gasteiger partial charge is 0.246 e. The lowest BCUT2D eigenvalue weighted by molar-refractivity contribution is -0.151. The van der Waals surface area contributed by atoms with Crippen molar-refractivity contribution < 1.29 is 91.4 Å². The summed E-state index contributed by atoms with van der Waals surface area (Å²) in [6.45, 7) is 3.29. The third kappa shape index (κ3) is 31.1. The van der Waals surface area contributed by atoms with Gasteiger partial charge in [-0.1, -0.05) is 131 Å². The average molecular weight is 1920 g/mol. The predicted molar refractivity (Wildman–Crippen MR) is 506 cm³/mol. The molecule has 0 unspecified atom stereocenters. The molecule has 5 heterocycles. The number of amides is 17. The molecule has 2 aliphatic heterocycles. The van der Waals surface area contributed by atoms with Gasteiger partial charge in [0.05, 0.1) is 51.4 Å². The van der Waals surface area contributed by atoms with Crippen LogP contribution in [0.25, 0.3) is 21.8 Å². The lowest BCUT2D eigenvalue weighted by Gasteiger charge is -2.36. The molecule has 2 saturated heterocycles. The minimum absolute atomic E-state index is 0.00544. The summed E-state index contributed by atoms with van der Waals surface area (Å²) in [5, 5.41) is 49.4. The van der Waals surface area contributed by atoms with E-state index < -0.39 is 229 Å². The molecule has 0 aliphatic carbocycles. The van der Waals surface area contributed by atoms with Gasteiger partial charge in [0.25, 0.3) is 0 Å². The van der Waals surface area contributed by atoms with Crippen molar-refractivity contribution >= 4 is 140 Å². The van der Waals surface area contributed by atoms with Crippen LogP contribution in [0.3, 0.4) is 0 Å². The fraction of sp³-hybridized carbons (Fsp3) is 0.473. The number of para-hydroxylation sites is 2. The molecule has 43 nitrogen and oxygen atoms in total. The number of carbonyl (C=O) groups excluding carboxylic acids is 17. The van der Waals surface area contributed by atoms with Crippen LogP contribution in [0.1, 0.15) is 113 Å². The molecule has 7 aromatic rings. The van der Waals surface area contributed by atoms with Crippen molar-refractivity contribution in [1.82, 2.24) is 103 Å². The molecule has 22 N–H and O–H groups in total. The number of aromatic amines is 3. The number of aromatic nitrogens is 4. The molecule has 0 bridgehead atoms. The van der Waals surface area contributed by atoms with E-state index in [1.165, 1.54) is 47.6 Å². The summed E-state index contributed by atoms with van der Waals surface area (Å²) < 4.78 is 6.22. The molecule has 13 atom stereocenters. The quantitative estimate of drug-likeness (QED) is 0.0149. The van der Waals surface area contributed by atoms with Crippen LogP contribution < -0.4 is 75.7 Å². The van der Waals surface area contributed by atoms with Crippen molar-refractivity contribution in [3.8, 4) is 0 Å². The van der Waals surface area contributed by atoms with Gasteiger partial charge in [0.15, 0.2) is 5.96 Å². The fourth-order valence-electron chi connectivity index (χ4n) is 16.1. The van der Waals surface area contributed by atoms with Gasteiger partial charge >= 0.3 is 0 Å². The Hall–Kier alpha value is -14.3. The summed E-state index contributed by atoms with van der Waals surface area (Å²) in [6.07, 6.45) is 4.82. The second-order valence-electron chi connectivity index (χ2n) is 34.5. The van der Waals surface area contributed by atoms with Gasteiger partial charge in [-0.25, -0.2) is 4.98 Å². The maximum Gasteiger partial charge on any atom is 0.246 e. The van der Waals surface area contributed by atoms with Crippen LogP contribution in [0.15, 0.2) is 134 Å². The normalized spacial score (nSPS) is 23.1. The Balaban J connectivity index is 1.10. The average Bonchev–Trinajstić information content (AvgIpc) is 1.72. The van der Waals surface area contributed by atoms with Gasteiger partial charge in [0.1, 0.15) is 78.5 Å². The Kier molecular flexibility index (Phi) is 40.4. The first-order chi connectivity index (χ1) is 65.4. The number of H-pyrrole nitrogens is 3. The van der Waals surface area contributed by atoms with Crippen LogP contribution >= 0.6 is 11.8 Å². The second-order valence-corrected chi connectivity index (χ2v) is 35.5. The van der Waals surface area contributed by atoms with Crippen molar-refractivity contribution in [3.63, 3.8) is 0 Å². The Morgan fingerprint density at radius 3 is 1.70 bits per heavy atom. The van der Waals surface area contributed by atoms with Gasteiger partial charge < -0.3 is 125 Å². The number of nitrogens with zero attached hydrogens (tertiary/aromatic N) is 6. The number of ether oxygens (including phenoxy) is 1. The standard InChI is InChI=1S/C93H126N24O19S/c1-9-10-32-74-92(135)116(8)75(49-136-48-56-25-15-12-16-26-56)87(130)106-64(31-21-34-99-93(96)97)82(125)112-72(81(124)102-45-77(95)120)50-137-51-79(122)105-68(37-55-23-13-11-14-24-55)89(132)114(6)54(4)80(123)108-70(41-76(94)119)91(134)117-35-22-33-73(117)86(129)107-66(40-59-44-98-52-103-59)84(127)109-67(36-53(2)3)88(131)113(5)46-78(121)104-65(38-57-42-100-62-29-19-17-27-60(57)62)83(126)111-71(47-118)85(128)110-69(90(133)115(74)7)39-58-43-101-63-30-20-18-28-61(58)63/h11-20,23-30,42-44,52-54,64-75,100-101,118H,9-10,21-22,31-41,45-51H2,1-8H3,(H2,94,119)(H2,95,120)(H,98,103)(H,102,124)(H,104,121)(H,105,122)(H,106,130)(H,107,129)(H,108,123)(H,109,127)(H,110,128)(H,111,126)(H,112,125)(H4,96,97,99)/t54-,64-,65-,66-,67-,68-,69-,70-,71-,72-,73-,74-,75-/m0/s1. The highest BCUT2D eigenvalue weighted by molar-refractivity contribution is 8.00. The van der Waals surface area contributed by atoms with E-state index in [4.69, 9.17) is 27.3 Å². The topological polar surface area (TPSA) is 630 Å². The number of rotatable bonds is 27. The second kappa shape index (κ2) is 52.0. The molecule has 2 aliphatic rings. The molecule has 9 rings (SSSR count). The number of benzene rings is 4. The van der Waals surface area contributed by atoms with Gasteiger partial charge in [-0.05, 0) is 85.8 Å². The first-order valence-electron chi connectivity index (χ1n) is 45.3. The molecule has 2 fully saturated rings. The monoisotopic (exact) mass is 1910 g/mol. The number of unbranched alkanes of at least 4 members (excludes halogenated alkanes) is 1. The van der Waals surface area contributed by atoms with Gasteiger partial charge in [-0.15, -0.1) is 11.8 Å². The summed E-state index contributed by atoms with van der Waals surface area (Å²) in [5.74, 6) is -17.7. The molecule has 137 heavy (non-hydrogen) atoms. The minimum atomic E-state index is -1.88. The Morgan fingerprint density at radius 2 is 1.09 bits per heavy atom. The number of imidazole rings is 1. The number of nitrogens with one attached hydrogen (secondary N) is 15. The number of guanidine groups is 1. The van der Waals surface area contributed by atoms with Crippen LogP contribution in [0.4, 0.5) is 0 Å². The number of aliphatic hydroxyl groups is 1. The molecule has 17 amide bonds. The van der Waals surface area contributed by atoms with Crippen molar-refractivity contribution in [1.29, 1.82) is 5.41 Å². The molecule has 0 saturated carbocycles. The van der Waals surface area contributed by atoms with E-state index in [1.54, 1.807) is 135 Å². The maximum atomic E-state index is 15.8. The minimum Gasteiger partial charge on any atom is -0.394 e. The van der Waals surface area contributed by atoms with Crippen LogP contribution in [0.2, 0.25) is 0 Å². The van der Waals surface area contributed by atoms with E-state index in [1.807, 2.05) is 6.92 Å². The van der Waals surface area contributed by atoms with Crippen molar-refractivity contribution in [2.45, 2.75) is 196 Å². The van der Waals surface area contributed by atoms with Gasteiger partial charge in [0.2, 0.25) is 100 Å². The summed E-state index contributed by atoms with van der Waals surface area (Å²) in [4.78, 5) is 268. The third-order valence-electron chi connectivity index (χ3n) is 23.7. The van der Waals surface area contributed by atoms with E-state index in [9.17, 15) is 57.8 Å². The number of hydrogen-bond acceptors (Lipinski definition) is 22. The van der Waals surface area contributed by atoms with Crippen LogP contribution in [-0.4, -0.2) is 314 Å². The Bertz CT molecular complexity index is 5390. The fourth-order valence-corrected chi connectivity index (χ4v) is 17.0. The van der Waals surface area contributed by atoms with Crippen LogP contribution in [0.5, 0.6) is 0 Å². The first kappa shape index (κ1) is 106. The van der Waals surface area contributed by atoms with E-state index in [2.05, 4.69) is 78.4 Å². The number of hydrogen-bond donors (Lipinski definition) is 19. The number of nitrogens with two attached hydrogens (primary N) is 3. The molecule has 44 heteroatoms. The van der Waals surface area contributed by atoms with Crippen molar-refractivity contribution in [2.24, 2.45) is 23.1 Å². The van der Waals surface area contributed by atoms with Crippen molar-refractivity contribution in [2.75, 3.05) is 79.1 Å². The van der Waals surface area contributed by atoms with Crippen LogP contribution in [-0.2, 0) is 119 Å². The number of carbonyl (C=O) groups is 17. The molecular weight excluding hydrogens is 1790 g/mol. The number of aliphatic hydroxyl groups excluding tert-OH is 1. The van der Waals surface area contributed by atoms with E-state index in [0.717, 1.165) is 36.3 Å². The predicted octanol–water partition coefficient (Wildman–Crippen LogP) is -2.11. The highest BCUT2D eigenvalue weighted by Gasteiger charge is 2.44. The third-order valence-corrected chi connectivity index (χ3v) is 24.7. The highest BCUT2D eigenvalue weighted by atomic mass is 32.2. The summed E-state index contributed by atoms with van der Waals surface area (Å²) >= 11 is 0.777. The van der Waals surface area contributed by atoms with E-state index in [-0.39, 0.29) is 89.8 Å². The van der Waals surface area contributed by atoms with Gasteiger partial charge in [-0.3, -0.25) is 86.9 Å². The Labute approximate surface area is 796 Å². The highest BCUT2D eigenvalue weighted by Crippen LogP contribution is 2.26. The zero-order chi connectivity index (χ0) is 99.7. The number of thioether (sulfide) groups is 1. The Morgan fingerprint density at radius 1 is 0.547 bits per heavy atom. The van der Waals surface area contributed by atoms with Gasteiger partial charge in [0, 0.05) is 119 Å². The molecule has 3 aromatic heterocycles. The molecule has 0 radical (unpaired) electrons. The van der Waals surface area contributed by atoms with Crippen molar-refractivity contribution in [3.05, 3.63) is 162 Å². The molecular formula is C93H126N24O19S. The molecule has 738 valence electrons. The summed E-state index contributed by atoms with van der Waals surface area (Å²) in [7, 11) is 5.14. The zero-order valence-electron chi connectivity index (χ0n) is 78.0. The first-order valence-corrected chi connectivity index (χ1v) is 46.5. The number of fused-ring (bicyclic) bond motifs is 3.